The minimum atomic E-state index is -0.211. The molecular weight excluding hydrogens is 327 g/mol. The lowest BCUT2D eigenvalue weighted by molar-refractivity contribution is -0.122. The molecule has 0 spiro atoms. The van der Waals surface area contributed by atoms with Crippen molar-refractivity contribution in [1.29, 1.82) is 0 Å². The maximum absolute atomic E-state index is 13.8. The van der Waals surface area contributed by atoms with Gasteiger partial charge in [-0.05, 0) is 48.2 Å². The normalized spacial score (nSPS) is 18.8. The van der Waals surface area contributed by atoms with E-state index >= 15 is 0 Å². The number of nitrogens with zero attached hydrogens (tertiary/aromatic N) is 1. The van der Waals surface area contributed by atoms with Gasteiger partial charge < -0.3 is 5.32 Å². The minimum absolute atomic E-state index is 0.0190. The van der Waals surface area contributed by atoms with E-state index in [9.17, 15) is 9.18 Å². The highest BCUT2D eigenvalue weighted by atomic mass is 19.1. The molecule has 1 N–H and O–H groups in total. The van der Waals surface area contributed by atoms with E-state index in [0.29, 0.717) is 12.1 Å². The first kappa shape index (κ1) is 18.6. The smallest absolute Gasteiger partial charge is 0.224 e. The van der Waals surface area contributed by atoms with E-state index in [0.717, 1.165) is 31.6 Å². The van der Waals surface area contributed by atoms with Crippen LogP contribution in [0.5, 0.6) is 0 Å². The Morgan fingerprint density at radius 1 is 1.08 bits per heavy atom. The minimum Gasteiger partial charge on any atom is -0.352 e. The van der Waals surface area contributed by atoms with Crippen molar-refractivity contribution in [2.75, 3.05) is 13.1 Å². The van der Waals surface area contributed by atoms with Crippen LogP contribution in [0.1, 0.15) is 42.9 Å². The first-order valence-electron chi connectivity index (χ1n) is 9.44. The van der Waals surface area contributed by atoms with Gasteiger partial charge in [-0.25, -0.2) is 4.39 Å². The molecule has 1 amide bonds. The summed E-state index contributed by atoms with van der Waals surface area (Å²) in [6.07, 6.45) is 0.732. The molecule has 0 radical (unpaired) electrons. The summed E-state index contributed by atoms with van der Waals surface area (Å²) in [5.41, 5.74) is 3.03. The lowest BCUT2D eigenvalue weighted by Crippen LogP contribution is -2.25. The van der Waals surface area contributed by atoms with Gasteiger partial charge in [0.25, 0.3) is 0 Å². The van der Waals surface area contributed by atoms with Gasteiger partial charge in [-0.15, -0.1) is 0 Å². The first-order valence-corrected chi connectivity index (χ1v) is 9.44. The van der Waals surface area contributed by atoms with Crippen molar-refractivity contribution in [3.05, 3.63) is 71.0 Å². The fourth-order valence-electron chi connectivity index (χ4n) is 3.39. The van der Waals surface area contributed by atoms with Gasteiger partial charge in [0, 0.05) is 19.0 Å². The molecule has 0 saturated heterocycles. The Labute approximate surface area is 155 Å². The molecule has 1 saturated carbocycles. The molecule has 26 heavy (non-hydrogen) atoms. The predicted molar refractivity (Wildman–Crippen MR) is 102 cm³/mol. The van der Waals surface area contributed by atoms with E-state index in [1.165, 1.54) is 11.6 Å². The van der Waals surface area contributed by atoms with Crippen molar-refractivity contribution in [3.8, 4) is 0 Å². The summed E-state index contributed by atoms with van der Waals surface area (Å²) in [6, 6.07) is 15.1. The summed E-state index contributed by atoms with van der Waals surface area (Å²) in [5.74, 6) is -0.274. The molecule has 0 heterocycles. The molecule has 2 aromatic carbocycles. The number of hydrogen-bond acceptors (Lipinski definition) is 2. The summed E-state index contributed by atoms with van der Waals surface area (Å²) in [5, 5.41) is 2.99. The van der Waals surface area contributed by atoms with Crippen LogP contribution in [0.15, 0.2) is 48.5 Å². The highest BCUT2D eigenvalue weighted by Crippen LogP contribution is 2.48. The number of nitrogens with one attached hydrogen (secondary N) is 1. The average Bonchev–Trinajstić information content (AvgIpc) is 3.46. The number of amides is 1. The molecule has 1 aliphatic rings. The third kappa shape index (κ3) is 4.50. The van der Waals surface area contributed by atoms with Gasteiger partial charge in [-0.3, -0.25) is 9.69 Å². The van der Waals surface area contributed by atoms with Crippen LogP contribution in [0, 0.1) is 11.7 Å². The molecule has 1 fully saturated rings. The zero-order valence-corrected chi connectivity index (χ0v) is 15.5. The Morgan fingerprint density at radius 2 is 1.73 bits per heavy atom. The second kappa shape index (κ2) is 8.45. The zero-order chi connectivity index (χ0) is 18.5. The maximum atomic E-state index is 13.8. The molecule has 1 aliphatic carbocycles. The standard InChI is InChI=1S/C22H27FN2O/c1-3-25(4-2)15-17-11-9-16(10-12-17)14-24-22(26)20-13-19(20)18-7-5-6-8-21(18)23/h5-12,19-20H,3-4,13-15H2,1-2H3,(H,24,26). The molecule has 2 aromatic rings. The molecule has 3 rings (SSSR count). The third-order valence-corrected chi connectivity index (χ3v) is 5.22. The highest BCUT2D eigenvalue weighted by molar-refractivity contribution is 5.82. The number of benzene rings is 2. The van der Waals surface area contributed by atoms with E-state index in [1.807, 2.05) is 6.07 Å². The van der Waals surface area contributed by atoms with Crippen molar-refractivity contribution in [2.45, 2.75) is 39.3 Å². The first-order chi connectivity index (χ1) is 12.6. The summed E-state index contributed by atoms with van der Waals surface area (Å²) >= 11 is 0. The van der Waals surface area contributed by atoms with Crippen molar-refractivity contribution in [1.82, 2.24) is 10.2 Å². The van der Waals surface area contributed by atoms with Crippen molar-refractivity contribution >= 4 is 5.91 Å². The van der Waals surface area contributed by atoms with Crippen LogP contribution in [0.25, 0.3) is 0 Å². The molecule has 4 heteroatoms. The van der Waals surface area contributed by atoms with Crippen LogP contribution in [0.2, 0.25) is 0 Å². The lowest BCUT2D eigenvalue weighted by Gasteiger charge is -2.18. The molecule has 0 aromatic heterocycles. The Hall–Kier alpha value is -2.20. The maximum Gasteiger partial charge on any atom is 0.224 e. The van der Waals surface area contributed by atoms with Crippen molar-refractivity contribution in [2.24, 2.45) is 5.92 Å². The summed E-state index contributed by atoms with van der Waals surface area (Å²) in [7, 11) is 0. The second-order valence-electron chi connectivity index (χ2n) is 6.97. The van der Waals surface area contributed by atoms with Gasteiger partial charge >= 0.3 is 0 Å². The van der Waals surface area contributed by atoms with Crippen molar-refractivity contribution < 1.29 is 9.18 Å². The fraction of sp³-hybridized carbons (Fsp3) is 0.409. The van der Waals surface area contributed by atoms with Crippen LogP contribution >= 0.6 is 0 Å². The summed E-state index contributed by atoms with van der Waals surface area (Å²) < 4.78 is 13.8. The molecule has 2 unspecified atom stereocenters. The van der Waals surface area contributed by atoms with Gasteiger partial charge in [-0.1, -0.05) is 56.3 Å². The Morgan fingerprint density at radius 3 is 2.38 bits per heavy atom. The molecule has 3 nitrogen and oxygen atoms in total. The van der Waals surface area contributed by atoms with Gasteiger partial charge in [0.15, 0.2) is 0 Å². The van der Waals surface area contributed by atoms with Gasteiger partial charge in [-0.2, -0.15) is 0 Å². The van der Waals surface area contributed by atoms with Gasteiger partial charge in [0.05, 0.1) is 0 Å². The van der Waals surface area contributed by atoms with Crippen LogP contribution in [0.3, 0.4) is 0 Å². The number of halogens is 1. The molecule has 0 bridgehead atoms. The van der Waals surface area contributed by atoms with E-state index in [1.54, 1.807) is 12.1 Å². The molecule has 2 atom stereocenters. The van der Waals surface area contributed by atoms with Crippen molar-refractivity contribution in [3.63, 3.8) is 0 Å². The van der Waals surface area contributed by atoms with E-state index in [4.69, 9.17) is 0 Å². The Balaban J connectivity index is 1.49. The third-order valence-electron chi connectivity index (χ3n) is 5.22. The number of carbonyl (C=O) groups is 1. The van der Waals surface area contributed by atoms with Crippen LogP contribution in [-0.4, -0.2) is 23.9 Å². The van der Waals surface area contributed by atoms with E-state index in [2.05, 4.69) is 48.3 Å². The Bertz CT molecular complexity index is 740. The molecular formula is C22H27FN2O. The van der Waals surface area contributed by atoms with Crippen LogP contribution in [0.4, 0.5) is 4.39 Å². The van der Waals surface area contributed by atoms with Crippen LogP contribution < -0.4 is 5.32 Å². The largest absolute Gasteiger partial charge is 0.352 e. The number of rotatable bonds is 8. The van der Waals surface area contributed by atoms with Gasteiger partial charge in [0.1, 0.15) is 5.82 Å². The highest BCUT2D eigenvalue weighted by Gasteiger charge is 2.44. The van der Waals surface area contributed by atoms with Gasteiger partial charge in [0.2, 0.25) is 5.91 Å². The molecule has 138 valence electrons. The Kier molecular flexibility index (Phi) is 6.04. The zero-order valence-electron chi connectivity index (χ0n) is 15.5. The lowest BCUT2D eigenvalue weighted by atomic mass is 10.1. The second-order valence-corrected chi connectivity index (χ2v) is 6.97. The average molecular weight is 354 g/mol. The van der Waals surface area contributed by atoms with E-state index in [-0.39, 0.29) is 23.6 Å². The molecule has 0 aliphatic heterocycles. The topological polar surface area (TPSA) is 32.3 Å². The summed E-state index contributed by atoms with van der Waals surface area (Å²) in [6.45, 7) is 7.88. The predicted octanol–water partition coefficient (Wildman–Crippen LogP) is 4.09. The SMILES string of the molecule is CCN(CC)Cc1ccc(CNC(=O)C2CC2c2ccccc2F)cc1. The number of carbonyl (C=O) groups excluding carboxylic acids is 1. The summed E-state index contributed by atoms with van der Waals surface area (Å²) in [4.78, 5) is 14.7. The van der Waals surface area contributed by atoms with Crippen LogP contribution in [-0.2, 0) is 17.9 Å². The fourth-order valence-corrected chi connectivity index (χ4v) is 3.39. The van der Waals surface area contributed by atoms with E-state index < -0.39 is 0 Å². The monoisotopic (exact) mass is 354 g/mol. The quantitative estimate of drug-likeness (QED) is 0.774. The number of hydrogen-bond donors (Lipinski definition) is 1.